The maximum atomic E-state index is 6.11. The molecule has 0 amide bonds. The van der Waals surface area contributed by atoms with Gasteiger partial charge in [-0.1, -0.05) is 24.6 Å². The summed E-state index contributed by atoms with van der Waals surface area (Å²) in [5.74, 6) is 1.55. The Balaban J connectivity index is 2.23. The zero-order valence-corrected chi connectivity index (χ0v) is 11.8. The van der Waals surface area contributed by atoms with Crippen LogP contribution in [0.4, 0.5) is 0 Å². The van der Waals surface area contributed by atoms with E-state index >= 15 is 0 Å². The predicted molar refractivity (Wildman–Crippen MR) is 74.9 cm³/mol. The van der Waals surface area contributed by atoms with E-state index in [0.29, 0.717) is 18.0 Å². The average molecular weight is 248 g/mol. The molecule has 3 unspecified atom stereocenters. The lowest BCUT2D eigenvalue weighted by molar-refractivity contribution is 0.247. The second-order valence-electron chi connectivity index (χ2n) is 5.52. The van der Waals surface area contributed by atoms with E-state index in [-0.39, 0.29) is 0 Å². The molecule has 0 spiro atoms. The summed E-state index contributed by atoms with van der Waals surface area (Å²) in [4.78, 5) is 2.45. The molecule has 100 valence electrons. The number of methoxy groups -OCH3 is 1. The summed E-state index contributed by atoms with van der Waals surface area (Å²) in [5.41, 5.74) is 8.65. The van der Waals surface area contributed by atoms with E-state index in [0.717, 1.165) is 18.8 Å². The molecule has 3 atom stereocenters. The lowest BCUT2D eigenvalue weighted by atomic mass is 10.0. The molecule has 2 N–H and O–H groups in total. The summed E-state index contributed by atoms with van der Waals surface area (Å²) < 4.78 is 5.48. The Bertz CT molecular complexity index is 409. The molecule has 1 aliphatic rings. The van der Waals surface area contributed by atoms with Crippen molar-refractivity contribution < 1.29 is 4.74 Å². The smallest absolute Gasteiger partial charge is 0.123 e. The number of rotatable bonds is 3. The lowest BCUT2D eigenvalue weighted by Crippen LogP contribution is -2.30. The Kier molecular flexibility index (Phi) is 3.93. The zero-order valence-electron chi connectivity index (χ0n) is 11.8. The summed E-state index contributed by atoms with van der Waals surface area (Å²) in [5, 5.41) is 0. The molecule has 3 heteroatoms. The Labute approximate surface area is 110 Å². The van der Waals surface area contributed by atoms with Gasteiger partial charge >= 0.3 is 0 Å². The number of aryl methyl sites for hydroxylation is 1. The van der Waals surface area contributed by atoms with Gasteiger partial charge in [-0.25, -0.2) is 0 Å². The van der Waals surface area contributed by atoms with Crippen LogP contribution in [-0.4, -0.2) is 31.1 Å². The summed E-state index contributed by atoms with van der Waals surface area (Å²) in [6.07, 6.45) is 0. The molecule has 1 fully saturated rings. The number of likely N-dealkylation sites (tertiary alicyclic amines) is 1. The number of hydrogen-bond acceptors (Lipinski definition) is 3. The number of hydrogen-bond donors (Lipinski definition) is 1. The van der Waals surface area contributed by atoms with Gasteiger partial charge in [0.15, 0.2) is 0 Å². The van der Waals surface area contributed by atoms with Gasteiger partial charge in [0.05, 0.1) is 7.11 Å². The van der Waals surface area contributed by atoms with Crippen molar-refractivity contribution >= 4 is 0 Å². The van der Waals surface area contributed by atoms with Gasteiger partial charge in [0, 0.05) is 30.7 Å². The topological polar surface area (TPSA) is 38.5 Å². The van der Waals surface area contributed by atoms with Crippen LogP contribution in [0.5, 0.6) is 5.75 Å². The zero-order chi connectivity index (χ0) is 13.3. The van der Waals surface area contributed by atoms with Crippen molar-refractivity contribution in [2.24, 2.45) is 11.7 Å². The normalized spacial score (nSPS) is 26.3. The summed E-state index contributed by atoms with van der Waals surface area (Å²) in [6, 6.07) is 7.02. The van der Waals surface area contributed by atoms with Gasteiger partial charge < -0.3 is 10.5 Å². The molecule has 0 aromatic heterocycles. The highest BCUT2D eigenvalue weighted by Gasteiger charge is 2.31. The third-order valence-electron chi connectivity index (χ3n) is 4.08. The number of ether oxygens (including phenoxy) is 1. The molecule has 0 saturated carbocycles. The van der Waals surface area contributed by atoms with E-state index in [4.69, 9.17) is 10.5 Å². The average Bonchev–Trinajstić information content (AvgIpc) is 2.68. The fourth-order valence-corrected chi connectivity index (χ4v) is 2.72. The third kappa shape index (κ3) is 2.52. The van der Waals surface area contributed by atoms with Crippen molar-refractivity contribution in [3.63, 3.8) is 0 Å². The van der Waals surface area contributed by atoms with Gasteiger partial charge in [0.2, 0.25) is 0 Å². The summed E-state index contributed by atoms with van der Waals surface area (Å²) in [7, 11) is 1.74. The maximum absolute atomic E-state index is 6.11. The van der Waals surface area contributed by atoms with Crippen molar-refractivity contribution in [1.82, 2.24) is 4.90 Å². The van der Waals surface area contributed by atoms with Crippen LogP contribution >= 0.6 is 0 Å². The summed E-state index contributed by atoms with van der Waals surface area (Å²) >= 11 is 0. The van der Waals surface area contributed by atoms with Crippen molar-refractivity contribution in [1.29, 1.82) is 0 Å². The second-order valence-corrected chi connectivity index (χ2v) is 5.52. The molecule has 1 aromatic rings. The van der Waals surface area contributed by atoms with Crippen LogP contribution in [0.15, 0.2) is 18.2 Å². The molecule has 1 aromatic carbocycles. The minimum Gasteiger partial charge on any atom is -0.496 e. The Morgan fingerprint density at radius 2 is 2.11 bits per heavy atom. The lowest BCUT2D eigenvalue weighted by Gasteiger charge is -2.26. The highest BCUT2D eigenvalue weighted by Crippen LogP contribution is 2.32. The largest absolute Gasteiger partial charge is 0.496 e. The molecule has 1 saturated heterocycles. The van der Waals surface area contributed by atoms with Crippen LogP contribution in [0.1, 0.15) is 31.0 Å². The van der Waals surface area contributed by atoms with Crippen molar-refractivity contribution in [3.05, 3.63) is 29.3 Å². The van der Waals surface area contributed by atoms with E-state index in [2.05, 4.69) is 43.9 Å². The fourth-order valence-electron chi connectivity index (χ4n) is 2.72. The van der Waals surface area contributed by atoms with Gasteiger partial charge in [0.1, 0.15) is 5.75 Å². The first-order valence-electron chi connectivity index (χ1n) is 6.67. The van der Waals surface area contributed by atoms with Crippen LogP contribution in [0, 0.1) is 12.8 Å². The summed E-state index contributed by atoms with van der Waals surface area (Å²) in [6.45, 7) is 8.62. The number of nitrogens with zero attached hydrogens (tertiary/aromatic N) is 1. The van der Waals surface area contributed by atoms with E-state index in [1.54, 1.807) is 7.11 Å². The van der Waals surface area contributed by atoms with Crippen LogP contribution in [0.2, 0.25) is 0 Å². The van der Waals surface area contributed by atoms with Crippen LogP contribution < -0.4 is 10.5 Å². The first-order valence-corrected chi connectivity index (χ1v) is 6.67. The standard InChI is InChI=1S/C15H24N2O/c1-10-5-6-15(18-4)13(7-10)12(3)17-8-11(2)14(16)9-17/h5-7,11-12,14H,8-9,16H2,1-4H3. The fraction of sp³-hybridized carbons (Fsp3) is 0.600. The molecule has 0 bridgehead atoms. The molecule has 18 heavy (non-hydrogen) atoms. The van der Waals surface area contributed by atoms with Gasteiger partial charge in [-0.3, -0.25) is 4.90 Å². The van der Waals surface area contributed by atoms with Crippen LogP contribution in [-0.2, 0) is 0 Å². The monoisotopic (exact) mass is 248 g/mol. The first kappa shape index (κ1) is 13.4. The van der Waals surface area contributed by atoms with Gasteiger partial charge in [-0.2, -0.15) is 0 Å². The number of benzene rings is 1. The first-order chi connectivity index (χ1) is 8.52. The number of nitrogens with two attached hydrogens (primary N) is 1. The van der Waals surface area contributed by atoms with E-state index in [1.807, 2.05) is 0 Å². The van der Waals surface area contributed by atoms with Crippen molar-refractivity contribution in [2.75, 3.05) is 20.2 Å². The van der Waals surface area contributed by atoms with Crippen LogP contribution in [0.3, 0.4) is 0 Å². The molecular weight excluding hydrogens is 224 g/mol. The molecule has 3 nitrogen and oxygen atoms in total. The van der Waals surface area contributed by atoms with Gasteiger partial charge in [-0.05, 0) is 25.8 Å². The molecule has 0 radical (unpaired) electrons. The van der Waals surface area contributed by atoms with E-state index in [9.17, 15) is 0 Å². The van der Waals surface area contributed by atoms with E-state index in [1.165, 1.54) is 11.1 Å². The van der Waals surface area contributed by atoms with Crippen molar-refractivity contribution in [2.45, 2.75) is 32.9 Å². The maximum Gasteiger partial charge on any atom is 0.123 e. The molecular formula is C15H24N2O. The van der Waals surface area contributed by atoms with Crippen molar-refractivity contribution in [3.8, 4) is 5.75 Å². The Morgan fingerprint density at radius 1 is 1.39 bits per heavy atom. The Morgan fingerprint density at radius 3 is 2.67 bits per heavy atom. The molecule has 1 heterocycles. The van der Waals surface area contributed by atoms with Crippen LogP contribution in [0.25, 0.3) is 0 Å². The van der Waals surface area contributed by atoms with E-state index < -0.39 is 0 Å². The Hall–Kier alpha value is -1.06. The minimum atomic E-state index is 0.295. The molecule has 2 rings (SSSR count). The predicted octanol–water partition coefficient (Wildman–Crippen LogP) is 2.34. The highest BCUT2D eigenvalue weighted by molar-refractivity contribution is 5.39. The second kappa shape index (κ2) is 5.29. The highest BCUT2D eigenvalue weighted by atomic mass is 16.5. The molecule has 0 aliphatic carbocycles. The molecule has 1 aliphatic heterocycles. The van der Waals surface area contributed by atoms with Gasteiger partial charge in [-0.15, -0.1) is 0 Å². The quantitative estimate of drug-likeness (QED) is 0.892. The third-order valence-corrected chi connectivity index (χ3v) is 4.08. The SMILES string of the molecule is COc1ccc(C)cc1C(C)N1CC(C)C(N)C1. The minimum absolute atomic E-state index is 0.295. The van der Waals surface area contributed by atoms with Gasteiger partial charge in [0.25, 0.3) is 0 Å².